The first-order valence-corrected chi connectivity index (χ1v) is 11.4. The summed E-state index contributed by atoms with van der Waals surface area (Å²) in [5.41, 5.74) is 3.56. The molecular weight excluding hydrogens is 414 g/mol. The van der Waals surface area contributed by atoms with Gasteiger partial charge in [-0.2, -0.15) is 9.97 Å². The Morgan fingerprint density at radius 2 is 1.82 bits per heavy atom. The van der Waals surface area contributed by atoms with Crippen LogP contribution >= 0.6 is 0 Å². The molecule has 166 valence electrons. The van der Waals surface area contributed by atoms with Gasteiger partial charge in [0.15, 0.2) is 17.0 Å². The molecule has 0 aliphatic heterocycles. The Morgan fingerprint density at radius 1 is 0.939 bits per heavy atom. The van der Waals surface area contributed by atoms with E-state index in [0.717, 1.165) is 40.9 Å². The Morgan fingerprint density at radius 3 is 2.67 bits per heavy atom. The highest BCUT2D eigenvalue weighted by Crippen LogP contribution is 2.32. The van der Waals surface area contributed by atoms with Crippen LogP contribution in [0.4, 0.5) is 17.6 Å². The highest BCUT2D eigenvalue weighted by atomic mass is 15.2. The number of fused-ring (bicyclic) bond motifs is 2. The Balaban J connectivity index is 1.36. The number of pyridine rings is 1. The first kappa shape index (κ1) is 19.7. The van der Waals surface area contributed by atoms with Crippen LogP contribution in [0.1, 0.15) is 44.0 Å². The number of nitrogens with one attached hydrogen (secondary N) is 3. The van der Waals surface area contributed by atoms with Gasteiger partial charge in [-0.3, -0.25) is 0 Å². The summed E-state index contributed by atoms with van der Waals surface area (Å²) in [5, 5.41) is 6.66. The van der Waals surface area contributed by atoms with Crippen molar-refractivity contribution >= 4 is 39.8 Å². The van der Waals surface area contributed by atoms with E-state index in [1.54, 1.807) is 6.20 Å². The molecule has 0 amide bonds. The van der Waals surface area contributed by atoms with Gasteiger partial charge in [0.2, 0.25) is 5.95 Å². The number of aromatic amines is 1. The van der Waals surface area contributed by atoms with Gasteiger partial charge in [0.05, 0.1) is 23.9 Å². The summed E-state index contributed by atoms with van der Waals surface area (Å²) < 4.78 is 2.21. The van der Waals surface area contributed by atoms with Crippen molar-refractivity contribution in [1.82, 2.24) is 34.5 Å². The molecule has 9 nitrogen and oxygen atoms in total. The number of nitrogens with zero attached hydrogens (tertiary/aromatic N) is 6. The first-order valence-electron chi connectivity index (χ1n) is 11.4. The summed E-state index contributed by atoms with van der Waals surface area (Å²) >= 11 is 0. The predicted octanol–water partition coefficient (Wildman–Crippen LogP) is 4.96. The molecule has 5 aromatic rings. The van der Waals surface area contributed by atoms with Crippen LogP contribution in [0.5, 0.6) is 0 Å². The van der Waals surface area contributed by atoms with Gasteiger partial charge in [0, 0.05) is 12.2 Å². The second kappa shape index (κ2) is 8.50. The van der Waals surface area contributed by atoms with Crippen molar-refractivity contribution < 1.29 is 0 Å². The molecule has 6 rings (SSSR count). The molecular formula is C24H25N9. The zero-order valence-corrected chi connectivity index (χ0v) is 18.2. The Kier molecular flexibility index (Phi) is 5.06. The van der Waals surface area contributed by atoms with Gasteiger partial charge in [-0.05, 0) is 37.1 Å². The summed E-state index contributed by atoms with van der Waals surface area (Å²) in [5.74, 6) is 2.71. The van der Waals surface area contributed by atoms with Crippen molar-refractivity contribution in [1.29, 1.82) is 0 Å². The van der Waals surface area contributed by atoms with Gasteiger partial charge < -0.3 is 20.2 Å². The molecule has 9 heteroatoms. The number of para-hydroxylation sites is 2. The maximum atomic E-state index is 4.83. The minimum Gasteiger partial charge on any atom is -0.361 e. The molecule has 1 saturated carbocycles. The van der Waals surface area contributed by atoms with Crippen LogP contribution in [-0.2, 0) is 6.54 Å². The van der Waals surface area contributed by atoms with Gasteiger partial charge in [0.25, 0.3) is 0 Å². The highest BCUT2D eigenvalue weighted by molar-refractivity contribution is 5.85. The standard InChI is InChI=1S/C24H25N9/c1-2-8-16(9-3-1)33-15-27-21-22(26-14-20-28-17-10-4-5-11-18(17)29-20)31-24(32-23(21)33)30-19-12-6-7-13-25-19/h4-7,10-13,15-16H,1-3,8-9,14H2,(H,28,29)(H2,25,26,30,31,32). The topological polar surface area (TPSA) is 109 Å². The number of aromatic nitrogens is 7. The molecule has 0 bridgehead atoms. The Bertz CT molecular complexity index is 1350. The van der Waals surface area contributed by atoms with E-state index in [2.05, 4.69) is 30.2 Å². The Labute approximate surface area is 190 Å². The van der Waals surface area contributed by atoms with Crippen molar-refractivity contribution in [2.24, 2.45) is 0 Å². The smallest absolute Gasteiger partial charge is 0.232 e. The largest absolute Gasteiger partial charge is 0.361 e. The van der Waals surface area contributed by atoms with Gasteiger partial charge in [-0.1, -0.05) is 37.5 Å². The average molecular weight is 440 g/mol. The van der Waals surface area contributed by atoms with Gasteiger partial charge >= 0.3 is 0 Å². The third kappa shape index (κ3) is 3.97. The van der Waals surface area contributed by atoms with Crippen molar-refractivity contribution in [3.8, 4) is 0 Å². The van der Waals surface area contributed by atoms with Crippen LogP contribution in [-0.4, -0.2) is 34.5 Å². The van der Waals surface area contributed by atoms with E-state index < -0.39 is 0 Å². The molecule has 1 aliphatic carbocycles. The second-order valence-electron chi connectivity index (χ2n) is 8.41. The summed E-state index contributed by atoms with van der Waals surface area (Å²) in [6.07, 6.45) is 9.74. The molecule has 0 atom stereocenters. The molecule has 4 aromatic heterocycles. The molecule has 3 N–H and O–H groups in total. The van der Waals surface area contributed by atoms with Crippen LogP contribution in [0.25, 0.3) is 22.2 Å². The molecule has 1 fully saturated rings. The van der Waals surface area contributed by atoms with Crippen molar-refractivity contribution in [2.75, 3.05) is 10.6 Å². The van der Waals surface area contributed by atoms with Gasteiger partial charge in [-0.15, -0.1) is 0 Å². The third-order valence-electron chi connectivity index (χ3n) is 6.16. The van der Waals surface area contributed by atoms with Crippen molar-refractivity contribution in [3.63, 3.8) is 0 Å². The predicted molar refractivity (Wildman–Crippen MR) is 128 cm³/mol. The molecule has 1 aromatic carbocycles. The zero-order valence-electron chi connectivity index (χ0n) is 18.2. The lowest BCUT2D eigenvalue weighted by Crippen LogP contribution is -2.13. The van der Waals surface area contributed by atoms with E-state index in [4.69, 9.17) is 15.0 Å². The number of imidazole rings is 2. The SMILES string of the molecule is c1ccc(Nc2nc(NCc3nc4ccccc4[nH]3)c3ncn(C4CCCCC4)c3n2)nc1. The van der Waals surface area contributed by atoms with E-state index in [1.807, 2.05) is 48.8 Å². The number of anilines is 3. The number of rotatable bonds is 6. The minimum atomic E-state index is 0.421. The average Bonchev–Trinajstić information content (AvgIpc) is 3.48. The van der Waals surface area contributed by atoms with Crippen molar-refractivity contribution in [2.45, 2.75) is 44.7 Å². The van der Waals surface area contributed by atoms with Crippen LogP contribution < -0.4 is 10.6 Å². The highest BCUT2D eigenvalue weighted by Gasteiger charge is 2.21. The zero-order chi connectivity index (χ0) is 22.0. The summed E-state index contributed by atoms with van der Waals surface area (Å²) in [4.78, 5) is 26.6. The van der Waals surface area contributed by atoms with Crippen LogP contribution in [0, 0.1) is 0 Å². The van der Waals surface area contributed by atoms with E-state index in [9.17, 15) is 0 Å². The van der Waals surface area contributed by atoms with Crippen LogP contribution in [0.2, 0.25) is 0 Å². The third-order valence-corrected chi connectivity index (χ3v) is 6.16. The maximum Gasteiger partial charge on any atom is 0.232 e. The minimum absolute atomic E-state index is 0.421. The van der Waals surface area contributed by atoms with Gasteiger partial charge in [-0.25, -0.2) is 15.0 Å². The summed E-state index contributed by atoms with van der Waals surface area (Å²) in [7, 11) is 0. The Hall–Kier alpha value is -4.01. The lowest BCUT2D eigenvalue weighted by molar-refractivity contribution is 0.358. The number of benzene rings is 1. The number of hydrogen-bond donors (Lipinski definition) is 3. The van der Waals surface area contributed by atoms with Crippen molar-refractivity contribution in [3.05, 3.63) is 60.8 Å². The lowest BCUT2D eigenvalue weighted by Gasteiger charge is -2.23. The van der Waals surface area contributed by atoms with E-state index >= 15 is 0 Å². The summed E-state index contributed by atoms with van der Waals surface area (Å²) in [6.45, 7) is 0.500. The van der Waals surface area contributed by atoms with E-state index in [1.165, 1.54) is 19.3 Å². The van der Waals surface area contributed by atoms with Crippen LogP contribution in [0.3, 0.4) is 0 Å². The quantitative estimate of drug-likeness (QED) is 0.343. The lowest BCUT2D eigenvalue weighted by atomic mass is 9.95. The van der Waals surface area contributed by atoms with Crippen LogP contribution in [0.15, 0.2) is 55.0 Å². The first-order chi connectivity index (χ1) is 16.3. The fourth-order valence-corrected chi connectivity index (χ4v) is 4.53. The number of hydrogen-bond acceptors (Lipinski definition) is 7. The fourth-order valence-electron chi connectivity index (χ4n) is 4.53. The summed E-state index contributed by atoms with van der Waals surface area (Å²) in [6, 6.07) is 14.1. The van der Waals surface area contributed by atoms with E-state index in [-0.39, 0.29) is 0 Å². The molecule has 0 unspecified atom stereocenters. The van der Waals surface area contributed by atoms with E-state index in [0.29, 0.717) is 30.2 Å². The maximum absolute atomic E-state index is 4.83. The fraction of sp³-hybridized carbons (Fsp3) is 0.292. The molecule has 0 saturated heterocycles. The second-order valence-corrected chi connectivity index (χ2v) is 8.41. The van der Waals surface area contributed by atoms with Gasteiger partial charge in [0.1, 0.15) is 11.6 Å². The molecule has 0 radical (unpaired) electrons. The monoisotopic (exact) mass is 439 g/mol. The molecule has 0 spiro atoms. The molecule has 4 heterocycles. The molecule has 1 aliphatic rings. The molecule has 33 heavy (non-hydrogen) atoms. The number of H-pyrrole nitrogens is 1. The normalized spacial score (nSPS) is 14.7.